The molecule has 0 aliphatic heterocycles. The van der Waals surface area contributed by atoms with Gasteiger partial charge in [-0.05, 0) is 24.3 Å². The van der Waals surface area contributed by atoms with Gasteiger partial charge in [0.15, 0.2) is 18.9 Å². The molecule has 3 nitrogen and oxygen atoms in total. The Kier molecular flexibility index (Phi) is 30.2. The first kappa shape index (κ1) is 37.9. The molecule has 134 valence electrons. The monoisotopic (exact) mass is 460 g/mol. The Balaban J connectivity index is -0.000000116. The van der Waals surface area contributed by atoms with Crippen LogP contribution >= 0.6 is 0 Å². The van der Waals surface area contributed by atoms with Crippen molar-refractivity contribution in [2.24, 2.45) is 0 Å². The standard InChI is InChI=1S/C14H13N2O.6FH.Sb/c1-17-14-4-2-13(3-5-14)11-16-8-6-12(10-15)7-9-16;;;;;;;/h2-9H,11H2,1H3;6*1H;/q+1;;;;;;;+3/p-6. The van der Waals surface area contributed by atoms with Gasteiger partial charge in [-0.2, -0.15) is 5.26 Å². The molecule has 0 unspecified atom stereocenters. The Bertz CT molecular complexity index is 549. The van der Waals surface area contributed by atoms with Crippen molar-refractivity contribution < 1.29 is 37.5 Å². The van der Waals surface area contributed by atoms with Crippen molar-refractivity contribution in [2.45, 2.75) is 6.54 Å². The second-order valence-corrected chi connectivity index (χ2v) is 3.72. The third-order valence-electron chi connectivity index (χ3n) is 2.54. The van der Waals surface area contributed by atoms with Crippen LogP contribution in [0.4, 0.5) is 0 Å². The van der Waals surface area contributed by atoms with Gasteiger partial charge in [-0.1, -0.05) is 0 Å². The number of ether oxygens (including phenoxy) is 1. The number of benzene rings is 1. The molecule has 0 amide bonds. The predicted octanol–water partition coefficient (Wildman–Crippen LogP) is -16.5. The quantitative estimate of drug-likeness (QED) is 0.259. The predicted molar refractivity (Wildman–Crippen MR) is 69.2 cm³/mol. The minimum atomic E-state index is 0. The molecule has 0 fully saturated rings. The van der Waals surface area contributed by atoms with Crippen LogP contribution in [0.3, 0.4) is 0 Å². The summed E-state index contributed by atoms with van der Waals surface area (Å²) in [6.45, 7) is 0.787. The Hall–Kier alpha value is -1.94. The maximum absolute atomic E-state index is 8.70. The van der Waals surface area contributed by atoms with Crippen molar-refractivity contribution in [1.29, 1.82) is 5.26 Å². The van der Waals surface area contributed by atoms with Crippen LogP contribution in [-0.4, -0.2) is 31.5 Å². The van der Waals surface area contributed by atoms with Crippen molar-refractivity contribution in [3.63, 3.8) is 0 Å². The fraction of sp³-hybridized carbons (Fsp3) is 0.143. The molecular formula is C14H13F6N2OSb-2. The van der Waals surface area contributed by atoms with Crippen LogP contribution in [0.5, 0.6) is 5.75 Å². The number of pyridine rings is 1. The molecule has 0 atom stereocenters. The van der Waals surface area contributed by atoms with Crippen molar-refractivity contribution in [2.75, 3.05) is 7.11 Å². The van der Waals surface area contributed by atoms with E-state index in [2.05, 4.69) is 6.07 Å². The molecule has 1 heterocycles. The van der Waals surface area contributed by atoms with E-state index < -0.39 is 0 Å². The summed E-state index contributed by atoms with van der Waals surface area (Å²) in [6, 6.07) is 13.7. The van der Waals surface area contributed by atoms with Crippen molar-refractivity contribution in [3.05, 3.63) is 59.9 Å². The van der Waals surface area contributed by atoms with Gasteiger partial charge in [-0.3, -0.25) is 0 Å². The molecule has 0 spiro atoms. The maximum atomic E-state index is 8.70. The average Bonchev–Trinajstić information content (AvgIpc) is 2.40. The number of nitrogens with zero attached hydrogens (tertiary/aromatic N) is 2. The van der Waals surface area contributed by atoms with Gasteiger partial charge in [-0.15, -0.1) is 0 Å². The van der Waals surface area contributed by atoms with E-state index in [-0.39, 0.29) is 52.7 Å². The van der Waals surface area contributed by atoms with Gasteiger partial charge < -0.3 is 33.0 Å². The van der Waals surface area contributed by atoms with E-state index in [1.165, 1.54) is 5.56 Å². The maximum Gasteiger partial charge on any atom is 3.00 e. The molecule has 10 heteroatoms. The van der Waals surface area contributed by atoms with Gasteiger partial charge in [-0.25, -0.2) is 4.57 Å². The van der Waals surface area contributed by atoms with Crippen LogP contribution in [0.2, 0.25) is 0 Å². The molecule has 0 bridgehead atoms. The number of nitriles is 1. The summed E-state index contributed by atoms with van der Waals surface area (Å²) < 4.78 is 7.14. The molecule has 2 aromatic rings. The van der Waals surface area contributed by atoms with Crippen molar-refractivity contribution >= 4 is 24.4 Å². The number of hydrogen-bond donors (Lipinski definition) is 0. The summed E-state index contributed by atoms with van der Waals surface area (Å²) in [4.78, 5) is 0. The number of methoxy groups -OCH3 is 1. The molecule has 0 aliphatic carbocycles. The Morgan fingerprint density at radius 3 is 1.71 bits per heavy atom. The zero-order valence-electron chi connectivity index (χ0n) is 12.3. The Labute approximate surface area is 152 Å². The Morgan fingerprint density at radius 1 is 0.875 bits per heavy atom. The Morgan fingerprint density at radius 2 is 1.33 bits per heavy atom. The fourth-order valence-electron chi connectivity index (χ4n) is 1.58. The van der Waals surface area contributed by atoms with E-state index >= 15 is 0 Å². The second-order valence-electron chi connectivity index (χ2n) is 3.72. The first-order chi connectivity index (χ1) is 8.31. The molecule has 24 heavy (non-hydrogen) atoms. The topological polar surface area (TPSA) is 36.9 Å². The number of halogens is 6. The van der Waals surface area contributed by atoms with E-state index in [1.807, 2.05) is 53.4 Å². The van der Waals surface area contributed by atoms with Crippen LogP contribution in [0, 0.1) is 11.3 Å². The van der Waals surface area contributed by atoms with Crippen molar-refractivity contribution in [3.8, 4) is 11.8 Å². The van der Waals surface area contributed by atoms with Crippen LogP contribution in [0.15, 0.2) is 48.8 Å². The number of aromatic nitrogens is 1. The van der Waals surface area contributed by atoms with Crippen molar-refractivity contribution in [1.82, 2.24) is 0 Å². The number of rotatable bonds is 3. The van der Waals surface area contributed by atoms with Gasteiger partial charge in [0.25, 0.3) is 0 Å². The molecule has 2 radical (unpaired) electrons. The molecule has 0 aliphatic rings. The molecule has 2 rings (SSSR count). The van der Waals surface area contributed by atoms with Crippen LogP contribution in [0.1, 0.15) is 11.1 Å². The minimum Gasteiger partial charge on any atom is -1.00 e. The zero-order valence-corrected chi connectivity index (χ0v) is 14.9. The second kappa shape index (κ2) is 19.1. The summed E-state index contributed by atoms with van der Waals surface area (Å²) in [5, 5.41) is 8.70. The number of hydrogen-bond acceptors (Lipinski definition) is 2. The minimum absolute atomic E-state index is 0. The summed E-state index contributed by atoms with van der Waals surface area (Å²) in [7, 11) is 1.66. The van der Waals surface area contributed by atoms with Gasteiger partial charge in [0.05, 0.1) is 18.7 Å². The van der Waals surface area contributed by atoms with Gasteiger partial charge in [0.1, 0.15) is 5.75 Å². The molecule has 0 N–H and O–H groups in total. The SMILES string of the molecule is COc1ccc(C[n+]2ccc(C#N)cc2)cc1.[F-].[F-].[F-].[F-].[F-].[F-].[Sb+3]. The zero-order chi connectivity index (χ0) is 12.1. The van der Waals surface area contributed by atoms with Crippen LogP contribution < -0.4 is 37.5 Å². The molecule has 1 aromatic heterocycles. The van der Waals surface area contributed by atoms with Gasteiger partial charge >= 0.3 is 24.4 Å². The third-order valence-corrected chi connectivity index (χ3v) is 2.54. The van der Waals surface area contributed by atoms with E-state index in [0.29, 0.717) is 5.56 Å². The molecule has 0 saturated carbocycles. The normalized spacial score (nSPS) is 6.83. The first-order valence-corrected chi connectivity index (χ1v) is 5.34. The molecule has 1 aromatic carbocycles. The van der Waals surface area contributed by atoms with E-state index in [0.717, 1.165) is 12.3 Å². The smallest absolute Gasteiger partial charge is 1.00 e. The van der Waals surface area contributed by atoms with E-state index in [1.54, 1.807) is 7.11 Å². The average molecular weight is 461 g/mol. The summed E-state index contributed by atoms with van der Waals surface area (Å²) in [6.07, 6.45) is 3.81. The summed E-state index contributed by atoms with van der Waals surface area (Å²) in [5.41, 5.74) is 1.87. The largest absolute Gasteiger partial charge is 3.00 e. The molecular weight excluding hydrogens is 448 g/mol. The van der Waals surface area contributed by atoms with Gasteiger partial charge in [0.2, 0.25) is 0 Å². The fourth-order valence-corrected chi connectivity index (χ4v) is 1.58. The molecule has 0 saturated heterocycles. The van der Waals surface area contributed by atoms with E-state index in [9.17, 15) is 0 Å². The first-order valence-electron chi connectivity index (χ1n) is 5.34. The third kappa shape index (κ3) is 10.7. The summed E-state index contributed by atoms with van der Waals surface area (Å²) in [5.74, 6) is 0.860. The van der Waals surface area contributed by atoms with Gasteiger partial charge in [0, 0.05) is 17.7 Å². The van der Waals surface area contributed by atoms with E-state index in [4.69, 9.17) is 10.00 Å². The summed E-state index contributed by atoms with van der Waals surface area (Å²) >= 11 is 0. The van der Waals surface area contributed by atoms with Crippen LogP contribution in [-0.2, 0) is 6.54 Å². The van der Waals surface area contributed by atoms with Crippen LogP contribution in [0.25, 0.3) is 0 Å².